The highest BCUT2D eigenvalue weighted by Crippen LogP contribution is 2.47. The first kappa shape index (κ1) is 22.9. The maximum absolute atomic E-state index is 14.4. The zero-order valence-corrected chi connectivity index (χ0v) is 17.2. The smallest absolute Gasteiger partial charge is 0.294 e. The van der Waals surface area contributed by atoms with Crippen LogP contribution in [0, 0.1) is 37.8 Å². The largest absolute Gasteiger partial charge is 0.405 e. The third-order valence-corrected chi connectivity index (χ3v) is 5.82. The minimum absolute atomic E-state index is 0.0181. The zero-order chi connectivity index (χ0) is 22.1. The molecular weight excluding hydrogens is 407 g/mol. The van der Waals surface area contributed by atoms with Gasteiger partial charge in [-0.2, -0.15) is 13.2 Å². The number of carbonyl (C=O) groups excluding carboxylic acids is 1. The molecule has 0 aliphatic heterocycles. The minimum atomic E-state index is -5.01. The summed E-state index contributed by atoms with van der Waals surface area (Å²) < 4.78 is 43.3. The fourth-order valence-electron chi connectivity index (χ4n) is 3.52. The molecule has 0 saturated heterocycles. The van der Waals surface area contributed by atoms with Gasteiger partial charge in [-0.05, 0) is 79.8 Å². The van der Waals surface area contributed by atoms with Crippen molar-refractivity contribution < 1.29 is 22.9 Å². The van der Waals surface area contributed by atoms with E-state index in [0.29, 0.717) is 21.7 Å². The Morgan fingerprint density at radius 2 is 1.59 bits per heavy atom. The van der Waals surface area contributed by atoms with Gasteiger partial charge in [-0.25, -0.2) is 0 Å². The standard InChI is InChI=1S/C21H21ClF3NO3/c1-12-9-18(15(4)14(3)13(12)2)20(11-26(28)29,21(23,24)25)10-19(27)16-5-7-17(22)8-6-16/h5-9H,10-11H2,1-4H3. The van der Waals surface area contributed by atoms with E-state index in [1.807, 2.05) is 0 Å². The van der Waals surface area contributed by atoms with Gasteiger partial charge in [-0.3, -0.25) is 14.9 Å². The van der Waals surface area contributed by atoms with Gasteiger partial charge in [0.15, 0.2) is 11.2 Å². The van der Waals surface area contributed by atoms with Crippen LogP contribution in [0.3, 0.4) is 0 Å². The third-order valence-electron chi connectivity index (χ3n) is 5.57. The average Bonchev–Trinajstić information content (AvgIpc) is 2.61. The highest BCUT2D eigenvalue weighted by molar-refractivity contribution is 6.30. The quantitative estimate of drug-likeness (QED) is 0.326. The van der Waals surface area contributed by atoms with E-state index in [4.69, 9.17) is 11.6 Å². The monoisotopic (exact) mass is 427 g/mol. The second-order valence-corrected chi connectivity index (χ2v) is 7.73. The topological polar surface area (TPSA) is 60.2 Å². The molecule has 0 aliphatic rings. The van der Waals surface area contributed by atoms with Gasteiger partial charge in [0.25, 0.3) is 0 Å². The Morgan fingerprint density at radius 1 is 1.03 bits per heavy atom. The number of Topliss-reactive ketones (excluding diaryl/α,β-unsaturated/α-hetero) is 1. The van der Waals surface area contributed by atoms with Crippen LogP contribution in [-0.2, 0) is 5.41 Å². The van der Waals surface area contributed by atoms with Gasteiger partial charge in [0.1, 0.15) is 0 Å². The van der Waals surface area contributed by atoms with Crippen molar-refractivity contribution in [2.75, 3.05) is 6.54 Å². The number of benzene rings is 2. The molecule has 0 saturated carbocycles. The second-order valence-electron chi connectivity index (χ2n) is 7.29. The molecule has 0 N–H and O–H groups in total. The van der Waals surface area contributed by atoms with Crippen LogP contribution in [0.5, 0.6) is 0 Å². The molecule has 0 fully saturated rings. The number of ketones is 1. The number of rotatable bonds is 6. The third kappa shape index (κ3) is 4.45. The van der Waals surface area contributed by atoms with Crippen LogP contribution < -0.4 is 0 Å². The lowest BCUT2D eigenvalue weighted by Crippen LogP contribution is -2.50. The first-order chi connectivity index (χ1) is 13.3. The zero-order valence-electron chi connectivity index (χ0n) is 16.5. The molecule has 1 unspecified atom stereocenters. The van der Waals surface area contributed by atoms with Crippen LogP contribution in [0.4, 0.5) is 13.2 Å². The molecule has 2 aromatic rings. The molecule has 0 heterocycles. The van der Waals surface area contributed by atoms with Crippen molar-refractivity contribution in [2.24, 2.45) is 0 Å². The first-order valence-electron chi connectivity index (χ1n) is 8.85. The molecule has 29 heavy (non-hydrogen) atoms. The fraction of sp³-hybridized carbons (Fsp3) is 0.381. The Kier molecular flexibility index (Phi) is 6.42. The van der Waals surface area contributed by atoms with Gasteiger partial charge in [0, 0.05) is 21.9 Å². The van der Waals surface area contributed by atoms with Gasteiger partial charge in [-0.15, -0.1) is 0 Å². The summed E-state index contributed by atoms with van der Waals surface area (Å²) in [4.78, 5) is 23.1. The SMILES string of the molecule is Cc1cc(C(CC(=O)c2ccc(Cl)cc2)(C[N+](=O)[O-])C(F)(F)F)c(C)c(C)c1C. The molecule has 0 aromatic heterocycles. The number of alkyl halides is 3. The van der Waals surface area contributed by atoms with E-state index in [-0.39, 0.29) is 11.1 Å². The number of nitro groups is 1. The number of halogens is 4. The van der Waals surface area contributed by atoms with Crippen LogP contribution in [0.1, 0.15) is 44.6 Å². The number of hydrogen-bond acceptors (Lipinski definition) is 3. The molecule has 1 atom stereocenters. The van der Waals surface area contributed by atoms with Gasteiger partial charge in [-0.1, -0.05) is 17.7 Å². The van der Waals surface area contributed by atoms with Crippen molar-refractivity contribution in [3.63, 3.8) is 0 Å². The van der Waals surface area contributed by atoms with Crippen molar-refractivity contribution in [3.8, 4) is 0 Å². The van der Waals surface area contributed by atoms with Crippen LogP contribution in [0.2, 0.25) is 5.02 Å². The number of aryl methyl sites for hydroxylation is 1. The molecule has 2 rings (SSSR count). The summed E-state index contributed by atoms with van der Waals surface area (Å²) in [6.45, 7) is 5.18. The van der Waals surface area contributed by atoms with Crippen molar-refractivity contribution in [3.05, 3.63) is 78.8 Å². The average molecular weight is 428 g/mol. The fourth-order valence-corrected chi connectivity index (χ4v) is 3.65. The highest BCUT2D eigenvalue weighted by atomic mass is 35.5. The number of hydrogen-bond donors (Lipinski definition) is 0. The predicted octanol–water partition coefficient (Wildman–Crippen LogP) is 5.92. The van der Waals surface area contributed by atoms with E-state index in [2.05, 4.69) is 0 Å². The number of carbonyl (C=O) groups is 1. The molecule has 0 aliphatic carbocycles. The summed E-state index contributed by atoms with van der Waals surface area (Å²) >= 11 is 5.78. The van der Waals surface area contributed by atoms with Gasteiger partial charge < -0.3 is 0 Å². The van der Waals surface area contributed by atoms with Crippen molar-refractivity contribution in [1.29, 1.82) is 0 Å². The lowest BCUT2D eigenvalue weighted by Gasteiger charge is -2.34. The summed E-state index contributed by atoms with van der Waals surface area (Å²) in [6.07, 6.45) is -6.08. The van der Waals surface area contributed by atoms with Gasteiger partial charge in [0.05, 0.1) is 0 Å². The normalized spacial score (nSPS) is 13.8. The lowest BCUT2D eigenvalue weighted by molar-refractivity contribution is -0.501. The number of nitrogens with zero attached hydrogens (tertiary/aromatic N) is 1. The molecule has 4 nitrogen and oxygen atoms in total. The van der Waals surface area contributed by atoms with E-state index in [1.165, 1.54) is 37.3 Å². The molecule has 2 aromatic carbocycles. The highest BCUT2D eigenvalue weighted by Gasteiger charge is 2.61. The van der Waals surface area contributed by atoms with Gasteiger partial charge in [0.2, 0.25) is 6.54 Å². The van der Waals surface area contributed by atoms with E-state index >= 15 is 0 Å². The summed E-state index contributed by atoms with van der Waals surface area (Å²) in [7, 11) is 0. The second kappa shape index (κ2) is 8.14. The first-order valence-corrected chi connectivity index (χ1v) is 9.23. The molecule has 8 heteroatoms. The van der Waals surface area contributed by atoms with Crippen molar-refractivity contribution in [1.82, 2.24) is 0 Å². The maximum atomic E-state index is 14.4. The lowest BCUT2D eigenvalue weighted by atomic mass is 9.71. The Hall–Kier alpha value is -2.41. The Bertz CT molecular complexity index is 955. The summed E-state index contributed by atoms with van der Waals surface area (Å²) in [5.74, 6) is -0.837. The van der Waals surface area contributed by atoms with Crippen LogP contribution >= 0.6 is 11.6 Å². The van der Waals surface area contributed by atoms with Crippen LogP contribution in [-0.4, -0.2) is 23.4 Å². The molecule has 0 radical (unpaired) electrons. The molecule has 0 spiro atoms. The van der Waals surface area contributed by atoms with Crippen LogP contribution in [0.15, 0.2) is 30.3 Å². The molecule has 0 bridgehead atoms. The van der Waals surface area contributed by atoms with Crippen molar-refractivity contribution >= 4 is 17.4 Å². The van der Waals surface area contributed by atoms with Crippen LogP contribution in [0.25, 0.3) is 0 Å². The van der Waals surface area contributed by atoms with E-state index in [9.17, 15) is 28.1 Å². The Morgan fingerprint density at radius 3 is 2.07 bits per heavy atom. The molecular formula is C21H21ClF3NO3. The van der Waals surface area contributed by atoms with E-state index < -0.39 is 35.3 Å². The van der Waals surface area contributed by atoms with Gasteiger partial charge >= 0.3 is 6.18 Å². The predicted molar refractivity (Wildman–Crippen MR) is 105 cm³/mol. The van der Waals surface area contributed by atoms with E-state index in [0.717, 1.165) is 5.56 Å². The summed E-state index contributed by atoms with van der Waals surface area (Å²) in [5, 5.41) is 11.7. The summed E-state index contributed by atoms with van der Waals surface area (Å²) in [5.41, 5.74) is -0.840. The Balaban J connectivity index is 2.74. The maximum Gasteiger partial charge on any atom is 0.405 e. The summed E-state index contributed by atoms with van der Waals surface area (Å²) in [6, 6.07) is 6.74. The molecule has 0 amide bonds. The van der Waals surface area contributed by atoms with Crippen molar-refractivity contribution in [2.45, 2.75) is 45.7 Å². The molecule has 156 valence electrons. The van der Waals surface area contributed by atoms with E-state index in [1.54, 1.807) is 20.8 Å². The Labute approximate surface area is 171 Å². The minimum Gasteiger partial charge on any atom is -0.294 e.